The van der Waals surface area contributed by atoms with Gasteiger partial charge in [0, 0.05) is 17.0 Å². The maximum atomic E-state index is 6.97. The lowest BCUT2D eigenvalue weighted by atomic mass is 9.63. The van der Waals surface area contributed by atoms with Crippen molar-refractivity contribution in [3.8, 4) is 33.8 Å². The number of allylic oxidation sites excluding steroid dienone is 8. The van der Waals surface area contributed by atoms with Crippen LogP contribution in [0.15, 0.2) is 211 Å². The molecule has 1 spiro atoms. The molecule has 0 fully saturated rings. The van der Waals surface area contributed by atoms with E-state index in [1.165, 1.54) is 66.8 Å². The first-order valence-corrected chi connectivity index (χ1v) is 19.9. The first-order valence-electron chi connectivity index (χ1n) is 19.9. The molecular weight excluding hydrogens is 677 g/mol. The molecule has 1 aliphatic heterocycles. The average molecular weight is 715 g/mol. The molecule has 56 heavy (non-hydrogen) atoms. The van der Waals surface area contributed by atoms with E-state index in [0.29, 0.717) is 11.8 Å². The predicted octanol–water partition coefficient (Wildman–Crippen LogP) is 13.2. The fourth-order valence-electron chi connectivity index (χ4n) is 11.2. The normalized spacial score (nSPS) is 21.2. The summed E-state index contributed by atoms with van der Waals surface area (Å²) in [7, 11) is 0. The van der Waals surface area contributed by atoms with Crippen molar-refractivity contribution in [2.75, 3.05) is 0 Å². The van der Waals surface area contributed by atoms with E-state index in [-0.39, 0.29) is 0 Å². The molecule has 0 bridgehead atoms. The minimum absolute atomic E-state index is 0.379. The van der Waals surface area contributed by atoms with Crippen LogP contribution in [0.5, 0.6) is 11.5 Å². The summed E-state index contributed by atoms with van der Waals surface area (Å²) in [6.45, 7) is 2.39. The van der Waals surface area contributed by atoms with Crippen molar-refractivity contribution in [2.45, 2.75) is 17.8 Å². The van der Waals surface area contributed by atoms with Gasteiger partial charge < -0.3 is 4.74 Å². The molecule has 0 saturated heterocycles. The van der Waals surface area contributed by atoms with E-state index in [9.17, 15) is 0 Å². The van der Waals surface area contributed by atoms with Gasteiger partial charge in [0.2, 0.25) is 0 Å². The molecule has 1 heterocycles. The Morgan fingerprint density at radius 3 is 1.86 bits per heavy atom. The molecule has 4 aliphatic carbocycles. The van der Waals surface area contributed by atoms with Crippen LogP contribution >= 0.6 is 0 Å². The van der Waals surface area contributed by atoms with Crippen LogP contribution in [0.4, 0.5) is 0 Å². The van der Waals surface area contributed by atoms with Gasteiger partial charge in [0.05, 0.1) is 10.8 Å². The highest BCUT2D eigenvalue weighted by Crippen LogP contribution is 2.67. The summed E-state index contributed by atoms with van der Waals surface area (Å²) in [5.41, 5.74) is 18.5. The van der Waals surface area contributed by atoms with Gasteiger partial charge >= 0.3 is 0 Å². The van der Waals surface area contributed by atoms with Crippen LogP contribution in [0.2, 0.25) is 0 Å². The van der Waals surface area contributed by atoms with Crippen molar-refractivity contribution in [2.24, 2.45) is 11.8 Å². The zero-order valence-corrected chi connectivity index (χ0v) is 31.1. The number of hydrogen-bond donors (Lipinski definition) is 0. The van der Waals surface area contributed by atoms with Gasteiger partial charge in [0.1, 0.15) is 11.5 Å². The minimum atomic E-state index is -0.553. The molecule has 0 amide bonds. The van der Waals surface area contributed by atoms with Crippen LogP contribution < -0.4 is 4.74 Å². The molecule has 264 valence electrons. The summed E-state index contributed by atoms with van der Waals surface area (Å²) < 4.78 is 6.97. The van der Waals surface area contributed by atoms with Crippen molar-refractivity contribution in [1.82, 2.24) is 0 Å². The quantitative estimate of drug-likeness (QED) is 0.177. The van der Waals surface area contributed by atoms with E-state index in [4.69, 9.17) is 4.74 Å². The second-order valence-corrected chi connectivity index (χ2v) is 15.9. The van der Waals surface area contributed by atoms with E-state index in [1.54, 1.807) is 0 Å². The highest BCUT2D eigenvalue weighted by Gasteiger charge is 2.55. The first kappa shape index (κ1) is 31.6. The second kappa shape index (κ2) is 11.7. The number of fused-ring (bicyclic) bond motifs is 13. The number of rotatable bonds is 3. The Labute approximate surface area is 328 Å². The van der Waals surface area contributed by atoms with E-state index >= 15 is 0 Å². The standard InChI is InChI=1S/C55H38O/c1-35-33-49-53(41-22-9-8-21-39(35)41)43-24-11-13-27-45(43)55(49)44-26-12-10-23-42(44)52-40(25-16-29-48(52)55)36-31-32-47-51(34-36)56-50-30-15-14-28-46(50)54(47,37-17-4-2-5-18-37)38-19-6-3-7-20-38/h2-35,39H,1H3. The third-order valence-corrected chi connectivity index (χ3v) is 13.3. The Morgan fingerprint density at radius 1 is 0.482 bits per heavy atom. The molecule has 12 rings (SSSR count). The molecule has 5 aliphatic rings. The Kier molecular flexibility index (Phi) is 6.58. The average Bonchev–Trinajstić information content (AvgIpc) is 3.73. The number of benzene rings is 7. The molecule has 3 unspecified atom stereocenters. The van der Waals surface area contributed by atoms with Gasteiger partial charge in [-0.25, -0.2) is 0 Å². The van der Waals surface area contributed by atoms with Gasteiger partial charge in [-0.1, -0.05) is 195 Å². The number of ether oxygens (including phenoxy) is 1. The largest absolute Gasteiger partial charge is 0.457 e. The first-order chi connectivity index (χ1) is 27.7. The Morgan fingerprint density at radius 2 is 1.09 bits per heavy atom. The van der Waals surface area contributed by atoms with E-state index in [0.717, 1.165) is 28.2 Å². The van der Waals surface area contributed by atoms with E-state index in [2.05, 4.69) is 207 Å². The van der Waals surface area contributed by atoms with E-state index in [1.807, 2.05) is 0 Å². The summed E-state index contributed by atoms with van der Waals surface area (Å²) in [6, 6.07) is 62.8. The molecule has 0 aromatic heterocycles. The fourth-order valence-corrected chi connectivity index (χ4v) is 11.2. The smallest absolute Gasteiger partial charge is 0.132 e. The summed E-state index contributed by atoms with van der Waals surface area (Å²) in [4.78, 5) is 0. The number of para-hydroxylation sites is 1. The molecule has 7 aromatic carbocycles. The van der Waals surface area contributed by atoms with Gasteiger partial charge in [-0.3, -0.25) is 0 Å². The summed E-state index contributed by atoms with van der Waals surface area (Å²) in [6.07, 6.45) is 11.8. The van der Waals surface area contributed by atoms with Gasteiger partial charge in [-0.05, 0) is 90.4 Å². The molecule has 7 aromatic rings. The van der Waals surface area contributed by atoms with Crippen LogP contribution in [-0.4, -0.2) is 0 Å². The highest BCUT2D eigenvalue weighted by molar-refractivity contribution is 6.04. The third-order valence-electron chi connectivity index (χ3n) is 13.3. The molecular formula is C55H38O. The molecule has 0 radical (unpaired) electrons. The molecule has 1 nitrogen and oxygen atoms in total. The Hall–Kier alpha value is -6.70. The third kappa shape index (κ3) is 3.95. The van der Waals surface area contributed by atoms with Crippen LogP contribution in [0.1, 0.15) is 51.4 Å². The second-order valence-electron chi connectivity index (χ2n) is 15.9. The summed E-state index contributed by atoms with van der Waals surface area (Å²) >= 11 is 0. The molecule has 3 atom stereocenters. The van der Waals surface area contributed by atoms with Crippen molar-refractivity contribution < 1.29 is 4.74 Å². The van der Waals surface area contributed by atoms with Crippen LogP contribution in [0, 0.1) is 11.8 Å². The molecule has 1 heteroatoms. The van der Waals surface area contributed by atoms with Crippen molar-refractivity contribution in [3.05, 3.63) is 256 Å². The lowest BCUT2D eigenvalue weighted by molar-refractivity contribution is 0.435. The SMILES string of the molecule is CC1C=C2C(=C3C=CC=CC31)c1ccccc1C21c2ccccc2-c2c(-c3ccc4c(c3)Oc3ccccc3C4(c3ccccc3)c3ccccc3)cccc21. The minimum Gasteiger partial charge on any atom is -0.457 e. The van der Waals surface area contributed by atoms with Crippen LogP contribution in [0.3, 0.4) is 0 Å². The Balaban J connectivity index is 1.12. The van der Waals surface area contributed by atoms with Crippen molar-refractivity contribution >= 4 is 5.57 Å². The van der Waals surface area contributed by atoms with E-state index < -0.39 is 10.8 Å². The topological polar surface area (TPSA) is 9.23 Å². The van der Waals surface area contributed by atoms with Gasteiger partial charge in [0.25, 0.3) is 0 Å². The Bertz CT molecular complexity index is 2860. The summed E-state index contributed by atoms with van der Waals surface area (Å²) in [5, 5.41) is 0. The zero-order chi connectivity index (χ0) is 37.0. The lowest BCUT2D eigenvalue weighted by Gasteiger charge is -2.41. The van der Waals surface area contributed by atoms with Crippen LogP contribution in [-0.2, 0) is 10.8 Å². The zero-order valence-electron chi connectivity index (χ0n) is 31.1. The van der Waals surface area contributed by atoms with Crippen molar-refractivity contribution in [1.29, 1.82) is 0 Å². The monoisotopic (exact) mass is 714 g/mol. The highest BCUT2D eigenvalue weighted by atomic mass is 16.5. The maximum Gasteiger partial charge on any atom is 0.132 e. The number of hydrogen-bond acceptors (Lipinski definition) is 1. The maximum absolute atomic E-state index is 6.97. The lowest BCUT2D eigenvalue weighted by Crippen LogP contribution is -2.34. The van der Waals surface area contributed by atoms with Crippen molar-refractivity contribution in [3.63, 3.8) is 0 Å². The van der Waals surface area contributed by atoms with Gasteiger partial charge in [-0.2, -0.15) is 0 Å². The van der Waals surface area contributed by atoms with Gasteiger partial charge in [0.15, 0.2) is 0 Å². The predicted molar refractivity (Wildman–Crippen MR) is 228 cm³/mol. The molecule has 0 N–H and O–H groups in total. The van der Waals surface area contributed by atoms with Gasteiger partial charge in [-0.15, -0.1) is 0 Å². The molecule has 0 saturated carbocycles. The fraction of sp³-hybridized carbons (Fsp3) is 0.0909. The summed E-state index contributed by atoms with van der Waals surface area (Å²) in [5.74, 6) is 2.53. The van der Waals surface area contributed by atoms with Crippen LogP contribution in [0.25, 0.3) is 27.8 Å².